The Kier molecular flexibility index (Phi) is 4.69. The first-order valence-electron chi connectivity index (χ1n) is 10.7. The lowest BCUT2D eigenvalue weighted by atomic mass is 9.45. The normalized spacial score (nSPS) is 42.6. The number of rotatable bonds is 1. The Morgan fingerprint density at radius 1 is 1.09 bits per heavy atom. The standard InChI is InChI=1S/C23H30O9/c1-9-11(3)31-17(25)13-15(9)32-21(6)14(16(13)30-7)10(2)22(28)8-12(24)20(4,5)18(26)23(22,29)19(21)27/h10,14,16,19,27-29H,8H2,1-7H3/t10-,14+,16+,19+,21+,22-,23-/m1/s1. The number of aliphatic hydroxyl groups excluding tert-OH is 1. The van der Waals surface area contributed by atoms with Gasteiger partial charge in [-0.25, -0.2) is 4.79 Å². The fourth-order valence-electron chi connectivity index (χ4n) is 6.11. The van der Waals surface area contributed by atoms with Gasteiger partial charge in [-0.3, -0.25) is 9.59 Å². The molecule has 32 heavy (non-hydrogen) atoms. The van der Waals surface area contributed by atoms with E-state index in [1.165, 1.54) is 27.9 Å². The summed E-state index contributed by atoms with van der Waals surface area (Å²) in [5.74, 6) is -2.92. The van der Waals surface area contributed by atoms with E-state index in [1.807, 2.05) is 0 Å². The van der Waals surface area contributed by atoms with Gasteiger partial charge in [0.15, 0.2) is 11.4 Å². The molecule has 7 atom stereocenters. The molecule has 2 saturated carbocycles. The van der Waals surface area contributed by atoms with Gasteiger partial charge >= 0.3 is 5.63 Å². The van der Waals surface area contributed by atoms with Crippen molar-refractivity contribution in [2.75, 3.05) is 7.11 Å². The molecule has 0 saturated heterocycles. The third-order valence-electron chi connectivity index (χ3n) is 8.36. The average Bonchev–Trinajstić information content (AvgIpc) is 2.72. The predicted molar refractivity (Wildman–Crippen MR) is 110 cm³/mol. The Morgan fingerprint density at radius 3 is 2.25 bits per heavy atom. The van der Waals surface area contributed by atoms with Crippen molar-refractivity contribution in [3.05, 3.63) is 27.3 Å². The lowest BCUT2D eigenvalue weighted by Gasteiger charge is -2.65. The molecule has 2 aliphatic carbocycles. The zero-order valence-corrected chi connectivity index (χ0v) is 19.3. The van der Waals surface area contributed by atoms with Crippen LogP contribution < -0.4 is 10.4 Å². The average molecular weight is 450 g/mol. The highest BCUT2D eigenvalue weighted by atomic mass is 16.5. The van der Waals surface area contributed by atoms with Gasteiger partial charge in [-0.2, -0.15) is 0 Å². The van der Waals surface area contributed by atoms with E-state index in [2.05, 4.69) is 0 Å². The lowest BCUT2D eigenvalue weighted by Crippen LogP contribution is -2.85. The number of aryl methyl sites for hydroxylation is 1. The molecular formula is C23H30O9. The number of carbonyl (C=O) groups is 2. The number of aliphatic hydroxyl groups is 3. The van der Waals surface area contributed by atoms with Crippen molar-refractivity contribution < 1.29 is 38.8 Å². The van der Waals surface area contributed by atoms with Gasteiger partial charge in [0.1, 0.15) is 46.3 Å². The van der Waals surface area contributed by atoms with Crippen molar-refractivity contribution in [3.63, 3.8) is 0 Å². The Bertz CT molecular complexity index is 1090. The van der Waals surface area contributed by atoms with Crippen LogP contribution >= 0.6 is 0 Å². The first-order valence-corrected chi connectivity index (χ1v) is 10.7. The van der Waals surface area contributed by atoms with Gasteiger partial charge in [-0.05, 0) is 40.5 Å². The van der Waals surface area contributed by atoms with Gasteiger partial charge in [0.05, 0.1) is 5.41 Å². The second-order valence-electron chi connectivity index (χ2n) is 10.2. The van der Waals surface area contributed by atoms with Crippen molar-refractivity contribution in [2.24, 2.45) is 17.3 Å². The zero-order chi connectivity index (χ0) is 24.2. The summed E-state index contributed by atoms with van der Waals surface area (Å²) in [5, 5.41) is 34.9. The van der Waals surface area contributed by atoms with E-state index in [9.17, 15) is 29.7 Å². The molecule has 9 heteroatoms. The number of hydrogen-bond acceptors (Lipinski definition) is 9. The highest BCUT2D eigenvalue weighted by molar-refractivity contribution is 6.13. The molecular weight excluding hydrogens is 420 g/mol. The van der Waals surface area contributed by atoms with Crippen molar-refractivity contribution in [1.29, 1.82) is 0 Å². The number of ether oxygens (including phenoxy) is 2. The highest BCUT2D eigenvalue weighted by Crippen LogP contribution is 2.62. The number of methoxy groups -OCH3 is 1. The molecule has 3 aliphatic rings. The Labute approximate surface area is 185 Å². The first kappa shape index (κ1) is 23.1. The fraction of sp³-hybridized carbons (Fsp3) is 0.696. The number of ketones is 2. The molecule has 1 aromatic rings. The SMILES string of the molecule is CO[C@H]1c2c(c(C)c(C)oc2=O)O[C@@]2(C)[C@H]1[C@@H](C)[C@]1(O)CC(=O)C(C)(C)C(=O)[C@@]1(O)[C@H]2O. The highest BCUT2D eigenvalue weighted by Gasteiger charge is 2.79. The minimum Gasteiger partial charge on any atom is -0.483 e. The van der Waals surface area contributed by atoms with Crippen molar-refractivity contribution in [2.45, 2.75) is 77.0 Å². The zero-order valence-electron chi connectivity index (χ0n) is 19.3. The minimum atomic E-state index is -2.67. The third kappa shape index (κ3) is 2.35. The van der Waals surface area contributed by atoms with Crippen LogP contribution in [0.5, 0.6) is 5.75 Å². The number of carbonyl (C=O) groups excluding carboxylic acids is 2. The van der Waals surface area contributed by atoms with E-state index < -0.39 is 69.9 Å². The Morgan fingerprint density at radius 2 is 1.69 bits per heavy atom. The minimum absolute atomic E-state index is 0.0972. The van der Waals surface area contributed by atoms with E-state index in [-0.39, 0.29) is 11.3 Å². The lowest BCUT2D eigenvalue weighted by molar-refractivity contribution is -0.316. The summed E-state index contributed by atoms with van der Waals surface area (Å²) in [6, 6.07) is 0. The molecule has 0 radical (unpaired) electrons. The largest absolute Gasteiger partial charge is 0.483 e. The van der Waals surface area contributed by atoms with Gasteiger partial charge in [0.2, 0.25) is 0 Å². The second kappa shape index (κ2) is 6.50. The summed E-state index contributed by atoms with van der Waals surface area (Å²) in [5.41, 5.74) is -8.27. The predicted octanol–water partition coefficient (Wildman–Crippen LogP) is 0.752. The van der Waals surface area contributed by atoms with Crippen LogP contribution in [-0.2, 0) is 14.3 Å². The van der Waals surface area contributed by atoms with E-state index in [1.54, 1.807) is 20.8 Å². The molecule has 0 aromatic carbocycles. The topological polar surface area (TPSA) is 144 Å². The molecule has 0 spiro atoms. The molecule has 176 valence electrons. The van der Waals surface area contributed by atoms with Crippen LogP contribution in [0.4, 0.5) is 0 Å². The van der Waals surface area contributed by atoms with Crippen LogP contribution in [0, 0.1) is 31.1 Å². The molecule has 1 aromatic heterocycles. The van der Waals surface area contributed by atoms with Crippen LogP contribution in [0.1, 0.15) is 57.1 Å². The van der Waals surface area contributed by atoms with Crippen LogP contribution in [0.2, 0.25) is 0 Å². The van der Waals surface area contributed by atoms with E-state index in [0.717, 1.165) is 0 Å². The van der Waals surface area contributed by atoms with E-state index >= 15 is 0 Å². The van der Waals surface area contributed by atoms with Crippen LogP contribution in [0.3, 0.4) is 0 Å². The molecule has 9 nitrogen and oxygen atoms in total. The van der Waals surface area contributed by atoms with Crippen LogP contribution in [0.15, 0.2) is 9.21 Å². The summed E-state index contributed by atoms with van der Waals surface area (Å²) in [7, 11) is 1.37. The van der Waals surface area contributed by atoms with Gasteiger partial charge in [-0.15, -0.1) is 0 Å². The molecule has 3 N–H and O–H groups in total. The smallest absolute Gasteiger partial charge is 0.345 e. The number of Topliss-reactive ketones (excluding diaryl/α,β-unsaturated/α-hetero) is 2. The van der Waals surface area contributed by atoms with Gasteiger partial charge in [-0.1, -0.05) is 6.92 Å². The molecule has 1 aliphatic heterocycles. The van der Waals surface area contributed by atoms with E-state index in [0.29, 0.717) is 11.3 Å². The maximum absolute atomic E-state index is 13.4. The number of fused-ring (bicyclic) bond motifs is 3. The van der Waals surface area contributed by atoms with Crippen molar-refractivity contribution in [3.8, 4) is 5.75 Å². The van der Waals surface area contributed by atoms with Gasteiger partial charge in [0, 0.05) is 25.0 Å². The second-order valence-corrected chi connectivity index (χ2v) is 10.2. The first-order chi connectivity index (χ1) is 14.6. The summed E-state index contributed by atoms with van der Waals surface area (Å²) in [4.78, 5) is 39.0. The molecule has 0 amide bonds. The molecule has 2 fully saturated rings. The maximum atomic E-state index is 13.4. The molecule has 0 bridgehead atoms. The van der Waals surface area contributed by atoms with E-state index in [4.69, 9.17) is 13.9 Å². The van der Waals surface area contributed by atoms with Crippen molar-refractivity contribution >= 4 is 11.6 Å². The molecule has 2 heterocycles. The monoisotopic (exact) mass is 450 g/mol. The Hall–Kier alpha value is -2.07. The fourth-order valence-corrected chi connectivity index (χ4v) is 6.11. The summed E-state index contributed by atoms with van der Waals surface area (Å²) >= 11 is 0. The molecule has 0 unspecified atom stereocenters. The van der Waals surface area contributed by atoms with Gasteiger partial charge < -0.3 is 29.2 Å². The van der Waals surface area contributed by atoms with Gasteiger partial charge in [0.25, 0.3) is 0 Å². The van der Waals surface area contributed by atoms with Crippen LogP contribution in [-0.4, -0.2) is 56.9 Å². The number of hydrogen-bond donors (Lipinski definition) is 3. The molecule has 4 rings (SSSR count). The van der Waals surface area contributed by atoms with Crippen LogP contribution in [0.25, 0.3) is 0 Å². The Balaban J connectivity index is 2.02. The quantitative estimate of drug-likeness (QED) is 0.528. The summed E-state index contributed by atoms with van der Waals surface area (Å²) in [6.45, 7) is 9.10. The maximum Gasteiger partial charge on any atom is 0.345 e. The van der Waals surface area contributed by atoms with Crippen molar-refractivity contribution in [1.82, 2.24) is 0 Å². The summed E-state index contributed by atoms with van der Waals surface area (Å²) < 4.78 is 17.2. The third-order valence-corrected chi connectivity index (χ3v) is 8.36. The summed E-state index contributed by atoms with van der Waals surface area (Å²) in [6.07, 6.45) is -3.45.